The van der Waals surface area contributed by atoms with E-state index in [0.717, 1.165) is 30.6 Å². The predicted molar refractivity (Wildman–Crippen MR) is 112 cm³/mol. The maximum atomic E-state index is 12.9. The minimum Gasteiger partial charge on any atom is -0.321 e. The number of nitrogens with zero attached hydrogens (tertiary/aromatic N) is 2. The van der Waals surface area contributed by atoms with E-state index in [2.05, 4.69) is 10.2 Å². The summed E-state index contributed by atoms with van der Waals surface area (Å²) in [6.45, 7) is 1.39. The first-order chi connectivity index (χ1) is 13.7. The fourth-order valence-electron chi connectivity index (χ4n) is 4.73. The third-order valence-electron chi connectivity index (χ3n) is 6.21. The third kappa shape index (κ3) is 4.29. The van der Waals surface area contributed by atoms with Crippen molar-refractivity contribution < 1.29 is 4.79 Å². The van der Waals surface area contributed by atoms with Gasteiger partial charge in [0, 0.05) is 30.5 Å². The van der Waals surface area contributed by atoms with Gasteiger partial charge >= 0.3 is 6.03 Å². The number of hydrogen-bond donors (Lipinski definition) is 1. The lowest BCUT2D eigenvalue weighted by atomic mass is 9.83. The van der Waals surface area contributed by atoms with Crippen LogP contribution in [0.4, 0.5) is 10.5 Å². The number of hydrogen-bond acceptors (Lipinski definition) is 2. The largest absolute Gasteiger partial charge is 0.322 e. The van der Waals surface area contributed by atoms with Gasteiger partial charge < -0.3 is 14.8 Å². The number of rotatable bonds is 4. The molecule has 2 aliphatic rings. The zero-order chi connectivity index (χ0) is 19.3. The predicted octanol–water partition coefficient (Wildman–Crippen LogP) is 4.47. The molecule has 148 valence electrons. The molecule has 0 radical (unpaired) electrons. The Hall–Kier alpha value is -2.56. The lowest BCUT2D eigenvalue weighted by molar-refractivity contribution is 0.166. The highest BCUT2D eigenvalue weighted by Crippen LogP contribution is 2.34. The lowest BCUT2D eigenvalue weighted by Gasteiger charge is -2.34. The van der Waals surface area contributed by atoms with E-state index >= 15 is 0 Å². The third-order valence-corrected chi connectivity index (χ3v) is 6.21. The van der Waals surface area contributed by atoms with Gasteiger partial charge in [0.2, 0.25) is 0 Å². The van der Waals surface area contributed by atoms with Gasteiger partial charge in [-0.25, -0.2) is 4.79 Å². The van der Waals surface area contributed by atoms with Crippen molar-refractivity contribution in [2.24, 2.45) is 5.92 Å². The van der Waals surface area contributed by atoms with Crippen molar-refractivity contribution in [2.75, 3.05) is 11.9 Å². The van der Waals surface area contributed by atoms with Crippen molar-refractivity contribution >= 4 is 11.7 Å². The summed E-state index contributed by atoms with van der Waals surface area (Å²) in [7, 11) is 0. The highest BCUT2D eigenvalue weighted by molar-refractivity contribution is 5.89. The van der Waals surface area contributed by atoms with Crippen molar-refractivity contribution in [3.05, 3.63) is 64.6 Å². The number of nitrogens with one attached hydrogen (secondary N) is 1. The van der Waals surface area contributed by atoms with Gasteiger partial charge in [0.05, 0.1) is 6.54 Å². The van der Waals surface area contributed by atoms with E-state index < -0.39 is 0 Å². The Labute approximate surface area is 166 Å². The molecule has 1 aromatic heterocycles. The van der Waals surface area contributed by atoms with Gasteiger partial charge in [0.1, 0.15) is 0 Å². The highest BCUT2D eigenvalue weighted by atomic mass is 16.2. The Morgan fingerprint density at radius 3 is 2.50 bits per heavy atom. The summed E-state index contributed by atoms with van der Waals surface area (Å²) >= 11 is 0. The molecular formula is C23H29N3O2. The summed E-state index contributed by atoms with van der Waals surface area (Å²) in [6.07, 6.45) is 10.5. The average Bonchev–Trinajstić information content (AvgIpc) is 3.22. The molecule has 2 amide bonds. The summed E-state index contributed by atoms with van der Waals surface area (Å²) < 4.78 is 1.67. The molecule has 28 heavy (non-hydrogen) atoms. The molecule has 1 aromatic carbocycles. The van der Waals surface area contributed by atoms with Crippen molar-refractivity contribution in [1.29, 1.82) is 0 Å². The number of aromatic nitrogens is 1. The number of benzene rings is 1. The fourth-order valence-corrected chi connectivity index (χ4v) is 4.73. The molecule has 0 spiro atoms. The summed E-state index contributed by atoms with van der Waals surface area (Å²) in [5.74, 6) is 0.675. The maximum absolute atomic E-state index is 12.9. The van der Waals surface area contributed by atoms with E-state index in [0.29, 0.717) is 18.5 Å². The SMILES string of the molecule is O=C(Nc1ccc(Cn2ccccc2=O)cc1)N1CCC[C@@H]1C1CCCCC1. The van der Waals surface area contributed by atoms with Crippen LogP contribution in [0.2, 0.25) is 0 Å². The molecule has 4 rings (SSSR count). The summed E-state index contributed by atoms with van der Waals surface area (Å²) in [6, 6.07) is 13.4. The van der Waals surface area contributed by atoms with E-state index in [9.17, 15) is 9.59 Å². The monoisotopic (exact) mass is 379 g/mol. The first-order valence-electron chi connectivity index (χ1n) is 10.5. The second-order valence-corrected chi connectivity index (χ2v) is 8.09. The molecule has 0 unspecified atom stereocenters. The van der Waals surface area contributed by atoms with Crippen LogP contribution in [-0.4, -0.2) is 28.1 Å². The van der Waals surface area contributed by atoms with Crippen LogP contribution in [0.15, 0.2) is 53.5 Å². The topological polar surface area (TPSA) is 54.3 Å². The molecular weight excluding hydrogens is 350 g/mol. The molecule has 0 bridgehead atoms. The van der Waals surface area contributed by atoms with Crippen molar-refractivity contribution in [3.63, 3.8) is 0 Å². The van der Waals surface area contributed by atoms with Gasteiger partial charge in [-0.3, -0.25) is 4.79 Å². The smallest absolute Gasteiger partial charge is 0.321 e. The first-order valence-corrected chi connectivity index (χ1v) is 10.5. The van der Waals surface area contributed by atoms with Gasteiger partial charge in [-0.1, -0.05) is 37.5 Å². The number of urea groups is 1. The minimum atomic E-state index is -0.0114. The van der Waals surface area contributed by atoms with E-state index in [1.54, 1.807) is 22.9 Å². The molecule has 1 aliphatic carbocycles. The zero-order valence-electron chi connectivity index (χ0n) is 16.3. The van der Waals surface area contributed by atoms with Gasteiger partial charge in [0.25, 0.3) is 5.56 Å². The maximum Gasteiger partial charge on any atom is 0.322 e. The summed E-state index contributed by atoms with van der Waals surface area (Å²) in [4.78, 5) is 26.8. The second-order valence-electron chi connectivity index (χ2n) is 8.09. The summed E-state index contributed by atoms with van der Waals surface area (Å²) in [5, 5.41) is 3.07. The number of likely N-dealkylation sites (tertiary alicyclic amines) is 1. The molecule has 1 saturated carbocycles. The molecule has 1 saturated heterocycles. The molecule has 2 aromatic rings. The minimum absolute atomic E-state index is 0.0114. The zero-order valence-corrected chi connectivity index (χ0v) is 16.3. The Morgan fingerprint density at radius 1 is 0.964 bits per heavy atom. The highest BCUT2D eigenvalue weighted by Gasteiger charge is 2.35. The van der Waals surface area contributed by atoms with E-state index in [1.165, 1.54) is 32.1 Å². The fraction of sp³-hybridized carbons (Fsp3) is 0.478. The van der Waals surface area contributed by atoms with Gasteiger partial charge in [-0.2, -0.15) is 0 Å². The average molecular weight is 380 g/mol. The molecule has 5 heteroatoms. The van der Waals surface area contributed by atoms with Crippen LogP contribution in [0, 0.1) is 5.92 Å². The molecule has 1 N–H and O–H groups in total. The number of carbonyl (C=O) groups excluding carboxylic acids is 1. The van der Waals surface area contributed by atoms with Crippen molar-refractivity contribution in [3.8, 4) is 0 Å². The normalized spacial score (nSPS) is 20.3. The van der Waals surface area contributed by atoms with Crippen molar-refractivity contribution in [2.45, 2.75) is 57.5 Å². The Bertz CT molecular complexity index is 853. The Kier molecular flexibility index (Phi) is 5.79. The number of carbonyl (C=O) groups is 1. The van der Waals surface area contributed by atoms with E-state index in [1.807, 2.05) is 30.3 Å². The lowest BCUT2D eigenvalue weighted by Crippen LogP contribution is -2.43. The molecule has 2 heterocycles. The Morgan fingerprint density at radius 2 is 1.75 bits per heavy atom. The Balaban J connectivity index is 1.37. The standard InChI is InChI=1S/C23H29N3O2/c27-22-10-4-5-15-25(22)17-18-11-13-20(14-12-18)24-23(28)26-16-6-9-21(26)19-7-2-1-3-8-19/h4-5,10-15,19,21H,1-3,6-9,16-17H2,(H,24,28)/t21-/m1/s1. The van der Waals surface area contributed by atoms with Gasteiger partial charge in [-0.05, 0) is 55.4 Å². The van der Waals surface area contributed by atoms with E-state index in [4.69, 9.17) is 0 Å². The number of pyridine rings is 1. The second kappa shape index (κ2) is 8.63. The van der Waals surface area contributed by atoms with Crippen LogP contribution in [0.25, 0.3) is 0 Å². The van der Waals surface area contributed by atoms with Crippen LogP contribution in [0.3, 0.4) is 0 Å². The molecule has 2 fully saturated rings. The van der Waals surface area contributed by atoms with Crippen molar-refractivity contribution in [1.82, 2.24) is 9.47 Å². The van der Waals surface area contributed by atoms with Crippen LogP contribution in [-0.2, 0) is 6.54 Å². The number of amides is 2. The molecule has 1 aliphatic heterocycles. The number of anilines is 1. The van der Waals surface area contributed by atoms with Gasteiger partial charge in [0.15, 0.2) is 0 Å². The van der Waals surface area contributed by atoms with Crippen LogP contribution < -0.4 is 10.9 Å². The first kappa shape index (κ1) is 18.8. The molecule has 1 atom stereocenters. The quantitative estimate of drug-likeness (QED) is 0.852. The van der Waals surface area contributed by atoms with Crippen LogP contribution in [0.1, 0.15) is 50.5 Å². The molecule has 5 nitrogen and oxygen atoms in total. The summed E-state index contributed by atoms with van der Waals surface area (Å²) in [5.41, 5.74) is 1.83. The van der Waals surface area contributed by atoms with Crippen LogP contribution >= 0.6 is 0 Å². The van der Waals surface area contributed by atoms with Gasteiger partial charge in [-0.15, -0.1) is 0 Å². The van der Waals surface area contributed by atoms with Crippen LogP contribution in [0.5, 0.6) is 0 Å². The van der Waals surface area contributed by atoms with E-state index in [-0.39, 0.29) is 11.6 Å².